The lowest BCUT2D eigenvalue weighted by Gasteiger charge is -2.37. The number of nitrogens with zero attached hydrogens (tertiary/aromatic N) is 2. The van der Waals surface area contributed by atoms with Crippen molar-refractivity contribution >= 4 is 17.5 Å². The molecule has 2 N–H and O–H groups in total. The fourth-order valence-corrected chi connectivity index (χ4v) is 2.92. The number of rotatable bonds is 6. The second-order valence-electron chi connectivity index (χ2n) is 6.60. The maximum Gasteiger partial charge on any atom is 0.241 e. The van der Waals surface area contributed by atoms with Gasteiger partial charge in [-0.25, -0.2) is 0 Å². The number of para-hydroxylation sites is 1. The summed E-state index contributed by atoms with van der Waals surface area (Å²) in [6.07, 6.45) is 2.21. The topological polar surface area (TPSA) is 64.7 Å². The summed E-state index contributed by atoms with van der Waals surface area (Å²) in [5, 5.41) is 6.21. The van der Waals surface area contributed by atoms with E-state index in [1.54, 1.807) is 0 Å². The number of benzene rings is 1. The summed E-state index contributed by atoms with van der Waals surface area (Å²) < 4.78 is 0. The minimum absolute atomic E-state index is 0.105. The van der Waals surface area contributed by atoms with E-state index in [0.29, 0.717) is 25.7 Å². The maximum atomic E-state index is 12.3. The number of carbonyl (C=O) groups excluding carboxylic acids is 2. The molecule has 6 heteroatoms. The van der Waals surface area contributed by atoms with Crippen LogP contribution in [0.4, 0.5) is 5.69 Å². The molecule has 0 spiro atoms. The first-order valence-electron chi connectivity index (χ1n) is 8.74. The number of nitrogens with one attached hydrogen (secondary N) is 2. The minimum atomic E-state index is -0.120. The highest BCUT2D eigenvalue weighted by Crippen LogP contribution is 2.19. The average molecular weight is 330 g/mol. The monoisotopic (exact) mass is 330 g/mol. The molecule has 6 nitrogen and oxygen atoms in total. The molecule has 1 atom stereocenters. The van der Waals surface area contributed by atoms with Crippen LogP contribution in [0.15, 0.2) is 30.3 Å². The van der Waals surface area contributed by atoms with E-state index >= 15 is 0 Å². The number of anilines is 1. The van der Waals surface area contributed by atoms with Crippen LogP contribution in [0.3, 0.4) is 0 Å². The maximum absolute atomic E-state index is 12.3. The van der Waals surface area contributed by atoms with Gasteiger partial charge in [-0.2, -0.15) is 0 Å². The smallest absolute Gasteiger partial charge is 0.241 e. The molecule has 24 heavy (non-hydrogen) atoms. The van der Waals surface area contributed by atoms with Crippen LogP contribution in [0, 0.1) is 0 Å². The van der Waals surface area contributed by atoms with Gasteiger partial charge in [-0.05, 0) is 31.9 Å². The van der Waals surface area contributed by atoms with Crippen molar-refractivity contribution in [2.24, 2.45) is 0 Å². The first kappa shape index (κ1) is 16.8. The summed E-state index contributed by atoms with van der Waals surface area (Å²) in [6.45, 7) is 5.10. The van der Waals surface area contributed by atoms with Crippen molar-refractivity contribution in [2.75, 3.05) is 38.0 Å². The molecule has 1 aliphatic heterocycles. The van der Waals surface area contributed by atoms with Crippen molar-refractivity contribution in [1.29, 1.82) is 0 Å². The summed E-state index contributed by atoms with van der Waals surface area (Å²) in [5.41, 5.74) is 0.954. The molecule has 3 rings (SSSR count). The Balaban J connectivity index is 1.40. The van der Waals surface area contributed by atoms with Crippen LogP contribution < -0.4 is 10.6 Å². The molecule has 1 aliphatic carbocycles. The van der Waals surface area contributed by atoms with Crippen molar-refractivity contribution in [3.63, 3.8) is 0 Å². The molecule has 1 aromatic carbocycles. The van der Waals surface area contributed by atoms with E-state index in [0.717, 1.165) is 31.6 Å². The number of hydrogen-bond donors (Lipinski definition) is 2. The van der Waals surface area contributed by atoms with Gasteiger partial charge in [0.2, 0.25) is 11.8 Å². The molecule has 1 saturated carbocycles. The zero-order valence-electron chi connectivity index (χ0n) is 14.2. The molecule has 2 amide bonds. The molecular formula is C18H26N4O2. The number of piperazine rings is 1. The molecule has 0 radical (unpaired) electrons. The Labute approximate surface area is 143 Å². The van der Waals surface area contributed by atoms with Crippen LogP contribution in [-0.2, 0) is 9.59 Å². The molecule has 2 aliphatic rings. The number of hydrogen-bond acceptors (Lipinski definition) is 4. The van der Waals surface area contributed by atoms with E-state index in [1.807, 2.05) is 42.2 Å². The highest BCUT2D eigenvalue weighted by Gasteiger charge is 2.30. The normalized spacial score (nSPS) is 19.6. The lowest BCUT2D eigenvalue weighted by molar-refractivity contribution is -0.132. The van der Waals surface area contributed by atoms with Crippen LogP contribution in [-0.4, -0.2) is 66.4 Å². The number of amides is 2. The highest BCUT2D eigenvalue weighted by atomic mass is 16.2. The van der Waals surface area contributed by atoms with Crippen LogP contribution in [0.2, 0.25) is 0 Å². The van der Waals surface area contributed by atoms with Crippen LogP contribution in [0.5, 0.6) is 0 Å². The fraction of sp³-hybridized carbons (Fsp3) is 0.556. The van der Waals surface area contributed by atoms with E-state index in [-0.39, 0.29) is 17.9 Å². The predicted molar refractivity (Wildman–Crippen MR) is 93.7 cm³/mol. The standard InChI is InChI=1S/C18H26N4O2/c1-14(18(24)20-16-7-8-16)21-9-11-22(12-10-21)17(23)13-19-15-5-3-2-4-6-15/h2-6,14,16,19H,7-13H2,1H3,(H,20,24). The molecule has 1 heterocycles. The van der Waals surface area contributed by atoms with Gasteiger partial charge in [0.25, 0.3) is 0 Å². The van der Waals surface area contributed by atoms with Gasteiger partial charge in [0, 0.05) is 37.9 Å². The molecule has 0 aromatic heterocycles. The van der Waals surface area contributed by atoms with Crippen molar-refractivity contribution in [1.82, 2.24) is 15.1 Å². The first-order valence-corrected chi connectivity index (χ1v) is 8.74. The quantitative estimate of drug-likeness (QED) is 0.814. The van der Waals surface area contributed by atoms with Crippen molar-refractivity contribution in [3.05, 3.63) is 30.3 Å². The first-order chi connectivity index (χ1) is 11.6. The number of carbonyl (C=O) groups is 2. The van der Waals surface area contributed by atoms with Gasteiger partial charge in [0.15, 0.2) is 0 Å². The molecule has 1 saturated heterocycles. The van der Waals surface area contributed by atoms with Gasteiger partial charge >= 0.3 is 0 Å². The molecular weight excluding hydrogens is 304 g/mol. The van der Waals surface area contributed by atoms with Crippen molar-refractivity contribution in [3.8, 4) is 0 Å². The molecule has 130 valence electrons. The minimum Gasteiger partial charge on any atom is -0.376 e. The molecule has 1 unspecified atom stereocenters. The average Bonchev–Trinajstić information content (AvgIpc) is 3.44. The predicted octanol–water partition coefficient (Wildman–Crippen LogP) is 0.910. The SMILES string of the molecule is CC(C(=O)NC1CC1)N1CCN(C(=O)CNc2ccccc2)CC1. The summed E-state index contributed by atoms with van der Waals surface area (Å²) in [7, 11) is 0. The third-order valence-electron chi connectivity index (χ3n) is 4.74. The Morgan fingerprint density at radius 1 is 1.12 bits per heavy atom. The van der Waals surface area contributed by atoms with Crippen LogP contribution in [0.1, 0.15) is 19.8 Å². The van der Waals surface area contributed by atoms with E-state index in [2.05, 4.69) is 15.5 Å². The van der Waals surface area contributed by atoms with E-state index in [9.17, 15) is 9.59 Å². The zero-order valence-corrected chi connectivity index (χ0v) is 14.2. The van der Waals surface area contributed by atoms with Gasteiger partial charge < -0.3 is 15.5 Å². The van der Waals surface area contributed by atoms with E-state index in [1.165, 1.54) is 0 Å². The summed E-state index contributed by atoms with van der Waals surface area (Å²) >= 11 is 0. The molecule has 1 aromatic rings. The van der Waals surface area contributed by atoms with Gasteiger partial charge in [-0.3, -0.25) is 14.5 Å². The Bertz CT molecular complexity index is 566. The molecule has 0 bridgehead atoms. The second kappa shape index (κ2) is 7.66. The largest absolute Gasteiger partial charge is 0.376 e. The van der Waals surface area contributed by atoms with E-state index in [4.69, 9.17) is 0 Å². The van der Waals surface area contributed by atoms with Crippen LogP contribution in [0.25, 0.3) is 0 Å². The Hall–Kier alpha value is -2.08. The Kier molecular flexibility index (Phi) is 5.35. The highest BCUT2D eigenvalue weighted by molar-refractivity contribution is 5.82. The van der Waals surface area contributed by atoms with Gasteiger partial charge in [0.05, 0.1) is 12.6 Å². The lowest BCUT2D eigenvalue weighted by atomic mass is 10.2. The lowest BCUT2D eigenvalue weighted by Crippen LogP contribution is -2.55. The summed E-state index contributed by atoms with van der Waals surface area (Å²) in [4.78, 5) is 28.5. The zero-order chi connectivity index (χ0) is 16.9. The Morgan fingerprint density at radius 3 is 2.42 bits per heavy atom. The fourth-order valence-electron chi connectivity index (χ4n) is 2.92. The second-order valence-corrected chi connectivity index (χ2v) is 6.60. The third kappa shape index (κ3) is 4.47. The summed E-state index contributed by atoms with van der Waals surface area (Å²) in [6, 6.07) is 10.0. The van der Waals surface area contributed by atoms with Crippen molar-refractivity contribution in [2.45, 2.75) is 31.8 Å². The third-order valence-corrected chi connectivity index (χ3v) is 4.74. The van der Waals surface area contributed by atoms with Gasteiger partial charge in [-0.15, -0.1) is 0 Å². The van der Waals surface area contributed by atoms with Gasteiger partial charge in [-0.1, -0.05) is 18.2 Å². The Morgan fingerprint density at radius 2 is 1.79 bits per heavy atom. The van der Waals surface area contributed by atoms with Crippen LogP contribution >= 0.6 is 0 Å². The molecule has 2 fully saturated rings. The summed E-state index contributed by atoms with van der Waals surface area (Å²) in [5.74, 6) is 0.219. The van der Waals surface area contributed by atoms with Gasteiger partial charge in [0.1, 0.15) is 0 Å². The van der Waals surface area contributed by atoms with Crippen molar-refractivity contribution < 1.29 is 9.59 Å². The van der Waals surface area contributed by atoms with E-state index < -0.39 is 0 Å².